The van der Waals surface area contributed by atoms with Gasteiger partial charge < -0.3 is 10.1 Å². The monoisotopic (exact) mass is 269 g/mol. The molecule has 0 aliphatic heterocycles. The Kier molecular flexibility index (Phi) is 4.35. The first-order chi connectivity index (χ1) is 9.69. The lowest BCUT2D eigenvalue weighted by atomic mass is 10.2. The second-order valence-corrected chi connectivity index (χ2v) is 3.91. The number of hydrogen-bond donors (Lipinski definition) is 1. The first kappa shape index (κ1) is 13.6. The number of amides is 1. The van der Waals surface area contributed by atoms with Crippen molar-refractivity contribution in [2.24, 2.45) is 0 Å². The van der Waals surface area contributed by atoms with E-state index in [0.29, 0.717) is 5.75 Å². The normalized spacial score (nSPS) is 9.30. The maximum atomic E-state index is 13.1. The Morgan fingerprint density at radius 1 is 1.20 bits per heavy atom. The van der Waals surface area contributed by atoms with Crippen LogP contribution >= 0.6 is 0 Å². The first-order valence-corrected chi connectivity index (χ1v) is 5.90. The van der Waals surface area contributed by atoms with Crippen LogP contribution in [0.15, 0.2) is 48.5 Å². The van der Waals surface area contributed by atoms with E-state index in [1.54, 1.807) is 12.1 Å². The van der Waals surface area contributed by atoms with Gasteiger partial charge in [-0.05, 0) is 24.3 Å². The summed E-state index contributed by atoms with van der Waals surface area (Å²) < 4.78 is 18.2. The molecule has 0 aliphatic rings. The third kappa shape index (κ3) is 3.59. The van der Waals surface area contributed by atoms with Crippen molar-refractivity contribution in [3.05, 3.63) is 59.9 Å². The van der Waals surface area contributed by atoms with Crippen molar-refractivity contribution >= 4 is 11.6 Å². The van der Waals surface area contributed by atoms with Crippen LogP contribution in [0.3, 0.4) is 0 Å². The molecular formula is C16H12FNO2. The van der Waals surface area contributed by atoms with Gasteiger partial charge in [0.2, 0.25) is 0 Å². The zero-order chi connectivity index (χ0) is 14.4. The lowest BCUT2D eigenvalue weighted by Gasteiger charge is -2.07. The van der Waals surface area contributed by atoms with Crippen molar-refractivity contribution in [3.8, 4) is 17.6 Å². The fraction of sp³-hybridized carbons (Fsp3) is 0.0625. The molecule has 0 unspecified atom stereocenters. The van der Waals surface area contributed by atoms with Crippen molar-refractivity contribution < 1.29 is 13.9 Å². The van der Waals surface area contributed by atoms with E-state index < -0.39 is 11.7 Å². The maximum Gasteiger partial charge on any atom is 0.300 e. The van der Waals surface area contributed by atoms with E-state index >= 15 is 0 Å². The van der Waals surface area contributed by atoms with Gasteiger partial charge in [0.05, 0.1) is 12.8 Å². The second-order valence-electron chi connectivity index (χ2n) is 3.91. The molecule has 0 radical (unpaired) electrons. The highest BCUT2D eigenvalue weighted by molar-refractivity contribution is 6.05. The lowest BCUT2D eigenvalue weighted by molar-refractivity contribution is -0.111. The molecule has 3 nitrogen and oxygen atoms in total. The Hall–Kier alpha value is -2.80. The molecule has 2 rings (SSSR count). The van der Waals surface area contributed by atoms with Crippen LogP contribution in [0.4, 0.5) is 10.1 Å². The predicted octanol–water partition coefficient (Wildman–Crippen LogP) is 2.82. The maximum absolute atomic E-state index is 13.1. The first-order valence-electron chi connectivity index (χ1n) is 5.90. The molecule has 100 valence electrons. The van der Waals surface area contributed by atoms with Crippen LogP contribution in [0.2, 0.25) is 0 Å². The van der Waals surface area contributed by atoms with Crippen molar-refractivity contribution in [1.82, 2.24) is 0 Å². The van der Waals surface area contributed by atoms with E-state index in [2.05, 4.69) is 17.2 Å². The van der Waals surface area contributed by atoms with Crippen LogP contribution in [0.5, 0.6) is 5.75 Å². The molecule has 0 aromatic heterocycles. The lowest BCUT2D eigenvalue weighted by Crippen LogP contribution is -2.09. The van der Waals surface area contributed by atoms with E-state index in [4.69, 9.17) is 4.74 Å². The van der Waals surface area contributed by atoms with Crippen LogP contribution in [0, 0.1) is 17.7 Å². The molecule has 0 saturated heterocycles. The third-order valence-electron chi connectivity index (χ3n) is 2.50. The standard InChI is InChI=1S/C16H12FNO2/c1-20-15-9-8-13(17)11-14(15)18-16(19)10-7-12-5-3-2-4-6-12/h2-6,8-9,11H,1H3,(H,18,19). The number of hydrogen-bond acceptors (Lipinski definition) is 2. The quantitative estimate of drug-likeness (QED) is 0.851. The molecule has 0 atom stereocenters. The number of benzene rings is 2. The highest BCUT2D eigenvalue weighted by Gasteiger charge is 2.06. The highest BCUT2D eigenvalue weighted by Crippen LogP contribution is 2.24. The molecule has 0 bridgehead atoms. The zero-order valence-corrected chi connectivity index (χ0v) is 10.8. The summed E-state index contributed by atoms with van der Waals surface area (Å²) in [5.41, 5.74) is 0.980. The van der Waals surface area contributed by atoms with Crippen LogP contribution in [0.25, 0.3) is 0 Å². The van der Waals surface area contributed by atoms with Gasteiger partial charge in [0.25, 0.3) is 0 Å². The summed E-state index contributed by atoms with van der Waals surface area (Å²) in [6.07, 6.45) is 0. The largest absolute Gasteiger partial charge is 0.495 e. The Morgan fingerprint density at radius 3 is 2.65 bits per heavy atom. The van der Waals surface area contributed by atoms with Gasteiger partial charge in [-0.3, -0.25) is 4.79 Å². The van der Waals surface area contributed by atoms with Gasteiger partial charge >= 0.3 is 5.91 Å². The number of carbonyl (C=O) groups excluding carboxylic acids is 1. The van der Waals surface area contributed by atoms with E-state index in [1.165, 1.54) is 25.3 Å². The average molecular weight is 269 g/mol. The molecule has 0 aliphatic carbocycles. The van der Waals surface area contributed by atoms with E-state index in [1.807, 2.05) is 18.2 Å². The van der Waals surface area contributed by atoms with Crippen molar-refractivity contribution in [1.29, 1.82) is 0 Å². The summed E-state index contributed by atoms with van der Waals surface area (Å²) in [7, 11) is 1.44. The predicted molar refractivity (Wildman–Crippen MR) is 74.9 cm³/mol. The summed E-state index contributed by atoms with van der Waals surface area (Å²) in [5, 5.41) is 2.49. The van der Waals surface area contributed by atoms with Gasteiger partial charge in [0.15, 0.2) is 0 Å². The highest BCUT2D eigenvalue weighted by atomic mass is 19.1. The number of anilines is 1. The van der Waals surface area contributed by atoms with Gasteiger partial charge in [0.1, 0.15) is 11.6 Å². The third-order valence-corrected chi connectivity index (χ3v) is 2.50. The van der Waals surface area contributed by atoms with Crippen molar-refractivity contribution in [2.75, 3.05) is 12.4 Å². The molecule has 0 saturated carbocycles. The topological polar surface area (TPSA) is 38.3 Å². The number of rotatable bonds is 2. The smallest absolute Gasteiger partial charge is 0.300 e. The number of methoxy groups -OCH3 is 1. The summed E-state index contributed by atoms with van der Waals surface area (Å²) >= 11 is 0. The molecule has 20 heavy (non-hydrogen) atoms. The molecule has 0 spiro atoms. The second kappa shape index (κ2) is 6.39. The fourth-order valence-electron chi connectivity index (χ4n) is 1.58. The van der Waals surface area contributed by atoms with Gasteiger partial charge in [0, 0.05) is 17.6 Å². The molecule has 1 N–H and O–H groups in total. The summed E-state index contributed by atoms with van der Waals surface area (Å²) in [6, 6.07) is 13.0. The SMILES string of the molecule is COc1ccc(F)cc1NC(=O)C#Cc1ccccc1. The van der Waals surface area contributed by atoms with Crippen LogP contribution < -0.4 is 10.1 Å². The minimum atomic E-state index is -0.530. The van der Waals surface area contributed by atoms with Crippen molar-refractivity contribution in [2.45, 2.75) is 0 Å². The van der Waals surface area contributed by atoms with E-state index in [9.17, 15) is 9.18 Å². The van der Waals surface area contributed by atoms with Crippen LogP contribution in [0.1, 0.15) is 5.56 Å². The Morgan fingerprint density at radius 2 is 1.95 bits per heavy atom. The molecule has 0 heterocycles. The fourth-order valence-corrected chi connectivity index (χ4v) is 1.58. The van der Waals surface area contributed by atoms with Crippen LogP contribution in [-0.2, 0) is 4.79 Å². The summed E-state index contributed by atoms with van der Waals surface area (Å²) in [6.45, 7) is 0. The number of ether oxygens (including phenoxy) is 1. The van der Waals surface area contributed by atoms with Crippen LogP contribution in [-0.4, -0.2) is 13.0 Å². The minimum Gasteiger partial charge on any atom is -0.495 e. The minimum absolute atomic E-state index is 0.250. The number of halogens is 1. The molecule has 2 aromatic carbocycles. The summed E-state index contributed by atoms with van der Waals surface area (Å²) in [5.74, 6) is 4.55. The average Bonchev–Trinajstić information content (AvgIpc) is 2.46. The summed E-state index contributed by atoms with van der Waals surface area (Å²) in [4.78, 5) is 11.7. The number of nitrogens with one attached hydrogen (secondary N) is 1. The Labute approximate surface area is 116 Å². The van der Waals surface area contributed by atoms with Gasteiger partial charge in [-0.2, -0.15) is 0 Å². The number of carbonyl (C=O) groups is 1. The molecule has 2 aromatic rings. The van der Waals surface area contributed by atoms with Gasteiger partial charge in [-0.15, -0.1) is 0 Å². The molecule has 4 heteroatoms. The van der Waals surface area contributed by atoms with Gasteiger partial charge in [-0.25, -0.2) is 4.39 Å². The Bertz CT molecular complexity index is 672. The van der Waals surface area contributed by atoms with Crippen molar-refractivity contribution in [3.63, 3.8) is 0 Å². The van der Waals surface area contributed by atoms with Gasteiger partial charge in [-0.1, -0.05) is 24.1 Å². The molecule has 0 fully saturated rings. The van der Waals surface area contributed by atoms with E-state index in [0.717, 1.165) is 5.56 Å². The molecular weight excluding hydrogens is 257 g/mol. The van der Waals surface area contributed by atoms with E-state index in [-0.39, 0.29) is 5.69 Å². The zero-order valence-electron chi connectivity index (χ0n) is 10.8. The molecule has 1 amide bonds. The Balaban J connectivity index is 2.13.